The number of alkyl halides is 3. The quantitative estimate of drug-likeness (QED) is 0.395. The van der Waals surface area contributed by atoms with Gasteiger partial charge in [-0.3, -0.25) is 9.79 Å². The van der Waals surface area contributed by atoms with E-state index in [2.05, 4.69) is 28.2 Å². The Balaban J connectivity index is 2.66. The number of nitrogens with one attached hydrogen (secondary N) is 1. The third kappa shape index (κ3) is 6.29. The van der Waals surface area contributed by atoms with Crippen LogP contribution in [0.25, 0.3) is 11.1 Å². The smallest absolute Gasteiger partial charge is 0.406 e. The number of aliphatic imine (C=N–C) groups is 1. The van der Waals surface area contributed by atoms with E-state index in [1.165, 1.54) is 36.6 Å². The zero-order valence-electron chi connectivity index (χ0n) is 17.3. The largest absolute Gasteiger partial charge is 0.573 e. The van der Waals surface area contributed by atoms with Crippen molar-refractivity contribution in [3.63, 3.8) is 0 Å². The summed E-state index contributed by atoms with van der Waals surface area (Å²) < 4.78 is 41.3. The maximum absolute atomic E-state index is 12.5. The summed E-state index contributed by atoms with van der Waals surface area (Å²) in [4.78, 5) is 16.0. The van der Waals surface area contributed by atoms with Crippen molar-refractivity contribution in [1.29, 1.82) is 0 Å². The van der Waals surface area contributed by atoms with Crippen LogP contribution in [0, 0.1) is 6.92 Å². The Kier molecular flexibility index (Phi) is 8.34. The molecule has 0 fully saturated rings. The first kappa shape index (κ1) is 24.8. The number of aliphatic hydroxyl groups is 2. The third-order valence-electron chi connectivity index (χ3n) is 4.53. The lowest BCUT2D eigenvalue weighted by atomic mass is 9.90. The van der Waals surface area contributed by atoms with E-state index in [1.807, 2.05) is 0 Å². The van der Waals surface area contributed by atoms with Crippen LogP contribution in [0.4, 0.5) is 18.9 Å². The highest BCUT2D eigenvalue weighted by molar-refractivity contribution is 5.87. The fraction of sp³-hybridized carbons (Fsp3) is 0.217. The van der Waals surface area contributed by atoms with Crippen molar-refractivity contribution < 1.29 is 32.9 Å². The molecule has 0 aromatic heterocycles. The number of benzene rings is 2. The van der Waals surface area contributed by atoms with E-state index in [9.17, 15) is 28.2 Å². The summed E-state index contributed by atoms with van der Waals surface area (Å²) in [6.07, 6.45) is -2.15. The average Bonchev–Trinajstić information content (AvgIpc) is 2.75. The second-order valence-corrected chi connectivity index (χ2v) is 6.68. The van der Waals surface area contributed by atoms with Crippen LogP contribution in [-0.4, -0.2) is 35.3 Å². The van der Waals surface area contributed by atoms with Crippen LogP contribution >= 0.6 is 0 Å². The number of halogens is 3. The lowest BCUT2D eigenvalue weighted by Gasteiger charge is -2.21. The molecule has 9 heteroatoms. The van der Waals surface area contributed by atoms with Gasteiger partial charge in [0.05, 0.1) is 12.3 Å². The van der Waals surface area contributed by atoms with Crippen LogP contribution in [-0.2, 0) is 11.3 Å². The minimum absolute atomic E-state index is 0.00357. The zero-order valence-corrected chi connectivity index (χ0v) is 17.3. The molecule has 0 spiro atoms. The summed E-state index contributed by atoms with van der Waals surface area (Å²) >= 11 is 0. The Bertz CT molecular complexity index is 1020. The van der Waals surface area contributed by atoms with Gasteiger partial charge in [0.2, 0.25) is 5.91 Å². The Morgan fingerprint density at radius 1 is 1.28 bits per heavy atom. The number of rotatable bonds is 9. The molecule has 0 heterocycles. The maximum atomic E-state index is 12.5. The minimum Gasteiger partial charge on any atom is -0.406 e. The number of allylic oxidation sites excluding steroid dienone is 1. The Hall–Kier alpha value is -3.43. The first-order chi connectivity index (χ1) is 15.1. The van der Waals surface area contributed by atoms with Gasteiger partial charge in [0, 0.05) is 18.3 Å². The molecule has 0 aliphatic heterocycles. The molecule has 3 N–H and O–H groups in total. The van der Waals surface area contributed by atoms with Crippen molar-refractivity contribution in [2.45, 2.75) is 25.9 Å². The molecule has 0 saturated carbocycles. The van der Waals surface area contributed by atoms with Crippen LogP contribution < -0.4 is 10.1 Å². The molecule has 32 heavy (non-hydrogen) atoms. The number of carbonyl (C=O) groups excluding carboxylic acids is 1. The highest BCUT2D eigenvalue weighted by Gasteiger charge is 2.31. The molecule has 1 amide bonds. The number of ether oxygens (including phenoxy) is 1. The van der Waals surface area contributed by atoms with Crippen LogP contribution in [0.5, 0.6) is 5.75 Å². The van der Waals surface area contributed by atoms with Gasteiger partial charge >= 0.3 is 6.36 Å². The highest BCUT2D eigenvalue weighted by Crippen LogP contribution is 2.39. The molecule has 1 unspecified atom stereocenters. The van der Waals surface area contributed by atoms with E-state index in [4.69, 9.17) is 0 Å². The lowest BCUT2D eigenvalue weighted by Crippen LogP contribution is -2.22. The molecule has 0 aliphatic rings. The first-order valence-electron chi connectivity index (χ1n) is 9.48. The molecule has 6 nitrogen and oxygen atoms in total. The number of aliphatic hydroxyl groups excluding tert-OH is 2. The van der Waals surface area contributed by atoms with Gasteiger partial charge in [-0.15, -0.1) is 13.2 Å². The van der Waals surface area contributed by atoms with E-state index in [0.717, 1.165) is 6.08 Å². The predicted octanol–water partition coefficient (Wildman–Crippen LogP) is 4.28. The maximum Gasteiger partial charge on any atom is 0.573 e. The number of amides is 1. The van der Waals surface area contributed by atoms with E-state index < -0.39 is 25.0 Å². The van der Waals surface area contributed by atoms with Crippen molar-refractivity contribution in [3.05, 3.63) is 72.3 Å². The molecule has 0 saturated heterocycles. The highest BCUT2D eigenvalue weighted by atomic mass is 19.4. The van der Waals surface area contributed by atoms with Gasteiger partial charge in [-0.25, -0.2) is 0 Å². The summed E-state index contributed by atoms with van der Waals surface area (Å²) in [7, 11) is 0. The molecule has 2 aromatic carbocycles. The van der Waals surface area contributed by atoms with Crippen molar-refractivity contribution in [2.24, 2.45) is 4.99 Å². The normalized spacial score (nSPS) is 12.4. The van der Waals surface area contributed by atoms with Crippen LogP contribution in [0.15, 0.2) is 60.6 Å². The molecule has 0 aliphatic carbocycles. The van der Waals surface area contributed by atoms with Gasteiger partial charge in [-0.2, -0.15) is 0 Å². The molecule has 170 valence electrons. The van der Waals surface area contributed by atoms with E-state index >= 15 is 0 Å². The topological polar surface area (TPSA) is 91.2 Å². The summed E-state index contributed by atoms with van der Waals surface area (Å²) in [6.45, 7) is 8.11. The molecule has 1 atom stereocenters. The first-order valence-corrected chi connectivity index (χ1v) is 9.48. The Morgan fingerprint density at radius 3 is 2.47 bits per heavy atom. The average molecular weight is 448 g/mol. The standard InChI is InChI=1S/C23H23F3N2O4/c1-4-10-27-22-14(3)18(15-6-8-17(9-7-15)32-23(24,25)26)11-16(12-28-20(31)5-2)21(22)19(30)13-29/h4-11,19,29-30H,1-2,12-13H2,3H3,(H,28,31). The van der Waals surface area contributed by atoms with E-state index in [-0.39, 0.29) is 12.3 Å². The number of hydrogen-bond donors (Lipinski definition) is 3. The monoisotopic (exact) mass is 448 g/mol. The van der Waals surface area contributed by atoms with Gasteiger partial charge in [0.1, 0.15) is 11.9 Å². The number of hydrogen-bond acceptors (Lipinski definition) is 5. The van der Waals surface area contributed by atoms with Crippen molar-refractivity contribution >= 4 is 17.8 Å². The molecule has 2 aromatic rings. The Morgan fingerprint density at radius 2 is 1.94 bits per heavy atom. The van der Waals surface area contributed by atoms with Gasteiger partial charge in [0.15, 0.2) is 0 Å². The van der Waals surface area contributed by atoms with Crippen molar-refractivity contribution in [1.82, 2.24) is 5.32 Å². The van der Waals surface area contributed by atoms with E-state index in [1.54, 1.807) is 13.0 Å². The number of nitrogens with zero attached hydrogens (tertiary/aromatic N) is 1. The third-order valence-corrected chi connectivity index (χ3v) is 4.53. The van der Waals surface area contributed by atoms with Crippen LogP contribution in [0.1, 0.15) is 22.8 Å². The Labute approximate surface area is 183 Å². The predicted molar refractivity (Wildman–Crippen MR) is 116 cm³/mol. The van der Waals surface area contributed by atoms with Gasteiger partial charge in [0.25, 0.3) is 0 Å². The zero-order chi connectivity index (χ0) is 23.9. The minimum atomic E-state index is -4.80. The molecule has 0 bridgehead atoms. The van der Waals surface area contributed by atoms with Gasteiger partial charge in [-0.1, -0.05) is 31.4 Å². The molecular weight excluding hydrogens is 425 g/mol. The fourth-order valence-electron chi connectivity index (χ4n) is 3.14. The van der Waals surface area contributed by atoms with Crippen molar-refractivity contribution in [2.75, 3.05) is 6.61 Å². The molecule has 0 radical (unpaired) electrons. The van der Waals surface area contributed by atoms with Crippen LogP contribution in [0.2, 0.25) is 0 Å². The molecular formula is C23H23F3N2O4. The summed E-state index contributed by atoms with van der Waals surface area (Å²) in [5.41, 5.74) is 2.91. The van der Waals surface area contributed by atoms with Gasteiger partial charge in [-0.05, 0) is 53.5 Å². The second kappa shape index (κ2) is 10.7. The summed E-state index contributed by atoms with van der Waals surface area (Å²) in [6, 6.07) is 6.96. The molecule has 2 rings (SSSR count). The SMILES string of the molecule is C=CC=Nc1c(C)c(-c2ccc(OC(F)(F)F)cc2)cc(CNC(=O)C=C)c1C(O)CO. The number of carbonyl (C=O) groups is 1. The second-order valence-electron chi connectivity index (χ2n) is 6.68. The fourth-order valence-corrected chi connectivity index (χ4v) is 3.14. The van der Waals surface area contributed by atoms with Crippen molar-refractivity contribution in [3.8, 4) is 16.9 Å². The van der Waals surface area contributed by atoms with E-state index in [0.29, 0.717) is 33.5 Å². The van der Waals surface area contributed by atoms with Crippen LogP contribution in [0.3, 0.4) is 0 Å². The lowest BCUT2D eigenvalue weighted by molar-refractivity contribution is -0.274. The summed E-state index contributed by atoms with van der Waals surface area (Å²) in [5, 5.41) is 22.6. The van der Waals surface area contributed by atoms with Gasteiger partial charge < -0.3 is 20.3 Å². The summed E-state index contributed by atoms with van der Waals surface area (Å²) in [5.74, 6) is -0.809.